The van der Waals surface area contributed by atoms with Gasteiger partial charge in [-0.3, -0.25) is 0 Å². The molecule has 0 bridgehead atoms. The second-order valence-electron chi connectivity index (χ2n) is 4.29. The molecule has 0 unspecified atom stereocenters. The quantitative estimate of drug-likeness (QED) is 0.761. The molecular formula is C16H12BrN3. The Balaban J connectivity index is 1.82. The Bertz CT molecular complexity index is 696. The Labute approximate surface area is 125 Å². The summed E-state index contributed by atoms with van der Waals surface area (Å²) >= 11 is 3.42. The lowest BCUT2D eigenvalue weighted by atomic mass is 10.1. The van der Waals surface area contributed by atoms with E-state index in [1.807, 2.05) is 30.3 Å². The first-order valence-corrected chi connectivity index (χ1v) is 7.00. The third-order valence-electron chi connectivity index (χ3n) is 2.92. The summed E-state index contributed by atoms with van der Waals surface area (Å²) in [5.41, 5.74) is 3.39. The van der Waals surface area contributed by atoms with Crippen LogP contribution in [0.5, 0.6) is 0 Å². The average molecular weight is 326 g/mol. The molecule has 2 aromatic carbocycles. The van der Waals surface area contributed by atoms with Crippen molar-refractivity contribution >= 4 is 27.4 Å². The number of hydrogen-bond acceptors (Lipinski definition) is 3. The first-order chi connectivity index (χ1) is 9.83. The van der Waals surface area contributed by atoms with Gasteiger partial charge in [-0.1, -0.05) is 42.5 Å². The van der Waals surface area contributed by atoms with Crippen LogP contribution in [-0.2, 0) is 0 Å². The van der Waals surface area contributed by atoms with Gasteiger partial charge in [-0.05, 0) is 39.2 Å². The van der Waals surface area contributed by atoms with E-state index in [0.29, 0.717) is 0 Å². The van der Waals surface area contributed by atoms with Crippen molar-refractivity contribution in [2.24, 2.45) is 0 Å². The predicted molar refractivity (Wildman–Crippen MR) is 84.9 cm³/mol. The van der Waals surface area contributed by atoms with E-state index in [9.17, 15) is 0 Å². The van der Waals surface area contributed by atoms with Crippen LogP contribution in [0, 0.1) is 0 Å². The van der Waals surface area contributed by atoms with Crippen molar-refractivity contribution in [1.82, 2.24) is 9.97 Å². The lowest BCUT2D eigenvalue weighted by Crippen LogP contribution is -1.94. The molecule has 3 aromatic rings. The average Bonchev–Trinajstić information content (AvgIpc) is 2.51. The van der Waals surface area contributed by atoms with E-state index < -0.39 is 0 Å². The van der Waals surface area contributed by atoms with Crippen molar-refractivity contribution in [3.05, 3.63) is 71.6 Å². The monoisotopic (exact) mass is 325 g/mol. The first kappa shape index (κ1) is 12.8. The molecular weight excluding hydrogens is 314 g/mol. The smallest absolute Gasteiger partial charge is 0.148 e. The Morgan fingerprint density at radius 2 is 1.55 bits per heavy atom. The molecule has 0 spiro atoms. The second kappa shape index (κ2) is 5.84. The van der Waals surface area contributed by atoms with Gasteiger partial charge in [0.1, 0.15) is 12.1 Å². The summed E-state index contributed by atoms with van der Waals surface area (Å²) < 4.78 is 0.840. The van der Waals surface area contributed by atoms with Crippen molar-refractivity contribution < 1.29 is 0 Å². The summed E-state index contributed by atoms with van der Waals surface area (Å²) in [5, 5.41) is 3.25. The standard InChI is InChI=1S/C16H12BrN3/c17-15-10-18-11-19-16(15)20-14-8-6-13(7-9-14)12-4-2-1-3-5-12/h1-11H,(H,18,19,20). The molecule has 98 valence electrons. The van der Waals surface area contributed by atoms with E-state index in [0.717, 1.165) is 16.0 Å². The largest absolute Gasteiger partial charge is 0.339 e. The molecule has 0 amide bonds. The fourth-order valence-electron chi connectivity index (χ4n) is 1.92. The van der Waals surface area contributed by atoms with Crippen LogP contribution in [0.3, 0.4) is 0 Å². The van der Waals surface area contributed by atoms with Crippen molar-refractivity contribution in [3.63, 3.8) is 0 Å². The topological polar surface area (TPSA) is 37.8 Å². The van der Waals surface area contributed by atoms with Gasteiger partial charge in [-0.25, -0.2) is 9.97 Å². The van der Waals surface area contributed by atoms with Gasteiger partial charge >= 0.3 is 0 Å². The third-order valence-corrected chi connectivity index (χ3v) is 3.50. The summed E-state index contributed by atoms with van der Waals surface area (Å²) in [6.45, 7) is 0. The van der Waals surface area contributed by atoms with Crippen LogP contribution in [0.25, 0.3) is 11.1 Å². The summed E-state index contributed by atoms with van der Waals surface area (Å²) in [6.07, 6.45) is 3.24. The number of anilines is 2. The molecule has 1 aromatic heterocycles. The first-order valence-electron chi connectivity index (χ1n) is 6.21. The van der Waals surface area contributed by atoms with Crippen molar-refractivity contribution in [1.29, 1.82) is 0 Å². The molecule has 0 radical (unpaired) electrons. The maximum Gasteiger partial charge on any atom is 0.148 e. The van der Waals surface area contributed by atoms with E-state index >= 15 is 0 Å². The summed E-state index contributed by atoms with van der Waals surface area (Å²) in [7, 11) is 0. The number of nitrogens with one attached hydrogen (secondary N) is 1. The number of nitrogens with zero attached hydrogens (tertiary/aromatic N) is 2. The second-order valence-corrected chi connectivity index (χ2v) is 5.14. The SMILES string of the molecule is Brc1cncnc1Nc1ccc(-c2ccccc2)cc1. The number of hydrogen-bond donors (Lipinski definition) is 1. The van der Waals surface area contributed by atoms with Gasteiger partial charge in [0.15, 0.2) is 0 Å². The van der Waals surface area contributed by atoms with E-state index in [1.54, 1.807) is 6.20 Å². The molecule has 1 heterocycles. The van der Waals surface area contributed by atoms with Crippen LogP contribution in [-0.4, -0.2) is 9.97 Å². The van der Waals surface area contributed by atoms with Crippen molar-refractivity contribution in [2.75, 3.05) is 5.32 Å². The molecule has 3 nitrogen and oxygen atoms in total. The summed E-state index contributed by atoms with van der Waals surface area (Å²) in [4.78, 5) is 8.13. The minimum absolute atomic E-state index is 0.757. The zero-order valence-electron chi connectivity index (χ0n) is 10.6. The fourth-order valence-corrected chi connectivity index (χ4v) is 2.24. The highest BCUT2D eigenvalue weighted by Gasteiger charge is 2.02. The van der Waals surface area contributed by atoms with Gasteiger partial charge in [-0.15, -0.1) is 0 Å². The maximum atomic E-state index is 4.19. The maximum absolute atomic E-state index is 4.19. The Morgan fingerprint density at radius 3 is 2.25 bits per heavy atom. The number of rotatable bonds is 3. The van der Waals surface area contributed by atoms with Crippen molar-refractivity contribution in [2.45, 2.75) is 0 Å². The minimum atomic E-state index is 0.757. The zero-order valence-corrected chi connectivity index (χ0v) is 12.2. The molecule has 0 aliphatic rings. The molecule has 1 N–H and O–H groups in total. The summed E-state index contributed by atoms with van der Waals surface area (Å²) in [6, 6.07) is 18.6. The highest BCUT2D eigenvalue weighted by molar-refractivity contribution is 9.10. The third kappa shape index (κ3) is 2.86. The Hall–Kier alpha value is -2.20. The number of aromatic nitrogens is 2. The zero-order chi connectivity index (χ0) is 13.8. The lowest BCUT2D eigenvalue weighted by molar-refractivity contribution is 1.15. The highest BCUT2D eigenvalue weighted by atomic mass is 79.9. The molecule has 20 heavy (non-hydrogen) atoms. The molecule has 0 aliphatic carbocycles. The van der Waals surface area contributed by atoms with Crippen LogP contribution in [0.4, 0.5) is 11.5 Å². The normalized spacial score (nSPS) is 10.2. The van der Waals surface area contributed by atoms with Crippen LogP contribution < -0.4 is 5.32 Å². The molecule has 0 saturated carbocycles. The van der Waals surface area contributed by atoms with Gasteiger partial charge in [0.05, 0.1) is 4.47 Å². The molecule has 0 atom stereocenters. The van der Waals surface area contributed by atoms with Gasteiger partial charge in [-0.2, -0.15) is 0 Å². The number of benzene rings is 2. The number of halogens is 1. The molecule has 0 fully saturated rings. The van der Waals surface area contributed by atoms with E-state index in [2.05, 4.69) is 55.5 Å². The van der Waals surface area contributed by atoms with Gasteiger partial charge in [0.25, 0.3) is 0 Å². The van der Waals surface area contributed by atoms with Crippen molar-refractivity contribution in [3.8, 4) is 11.1 Å². The van der Waals surface area contributed by atoms with Gasteiger partial charge < -0.3 is 5.32 Å². The molecule has 0 saturated heterocycles. The molecule has 3 rings (SSSR count). The van der Waals surface area contributed by atoms with Crippen LogP contribution in [0.2, 0.25) is 0 Å². The fraction of sp³-hybridized carbons (Fsp3) is 0. The van der Waals surface area contributed by atoms with E-state index in [-0.39, 0.29) is 0 Å². The van der Waals surface area contributed by atoms with Crippen LogP contribution in [0.1, 0.15) is 0 Å². The minimum Gasteiger partial charge on any atom is -0.339 e. The highest BCUT2D eigenvalue weighted by Crippen LogP contribution is 2.25. The molecule has 4 heteroatoms. The Kier molecular flexibility index (Phi) is 3.74. The predicted octanol–water partition coefficient (Wildman–Crippen LogP) is 4.65. The Morgan fingerprint density at radius 1 is 0.850 bits per heavy atom. The lowest BCUT2D eigenvalue weighted by Gasteiger charge is -2.08. The van der Waals surface area contributed by atoms with E-state index in [1.165, 1.54) is 17.5 Å². The van der Waals surface area contributed by atoms with Gasteiger partial charge in [0.2, 0.25) is 0 Å². The van der Waals surface area contributed by atoms with Gasteiger partial charge in [0, 0.05) is 11.9 Å². The van der Waals surface area contributed by atoms with Crippen LogP contribution in [0.15, 0.2) is 71.6 Å². The summed E-state index contributed by atoms with van der Waals surface area (Å²) in [5.74, 6) is 0.757. The van der Waals surface area contributed by atoms with E-state index in [4.69, 9.17) is 0 Å². The van der Waals surface area contributed by atoms with Crippen LogP contribution >= 0.6 is 15.9 Å². The molecule has 0 aliphatic heterocycles.